The fourth-order valence-electron chi connectivity index (χ4n) is 1.37. The summed E-state index contributed by atoms with van der Waals surface area (Å²) in [6.45, 7) is 0. The van der Waals surface area contributed by atoms with Gasteiger partial charge >= 0.3 is 0 Å². The first-order valence-electron chi connectivity index (χ1n) is 4.07. The van der Waals surface area contributed by atoms with E-state index < -0.39 is 10.2 Å². The molecule has 0 aliphatic rings. The van der Waals surface area contributed by atoms with E-state index in [1.165, 1.54) is 12.1 Å². The van der Waals surface area contributed by atoms with Gasteiger partial charge in [0.2, 0.25) is 0 Å². The van der Waals surface area contributed by atoms with E-state index in [0.717, 1.165) is 11.3 Å². The summed E-state index contributed by atoms with van der Waals surface area (Å²) >= 11 is 12.3. The number of hydrogen-bond donors (Lipinski definition) is 0. The molecule has 0 radical (unpaired) electrons. The molecule has 0 aliphatic heterocycles. The van der Waals surface area contributed by atoms with Crippen LogP contribution < -0.4 is 0 Å². The lowest BCUT2D eigenvalue weighted by atomic mass is 10.2. The molecule has 1 aromatic heterocycles. The molecular weight excluding hydrogens is 273 g/mol. The van der Waals surface area contributed by atoms with Gasteiger partial charge in [0.1, 0.15) is 4.88 Å². The van der Waals surface area contributed by atoms with Gasteiger partial charge in [0.05, 0.1) is 15.3 Å². The quantitative estimate of drug-likeness (QED) is 0.475. The van der Waals surface area contributed by atoms with Gasteiger partial charge < -0.3 is 0 Å². The average molecular weight is 276 g/mol. The number of nitro benzene ring substituents is 1. The molecule has 2 aromatic rings. The highest BCUT2D eigenvalue weighted by molar-refractivity contribution is 7.23. The van der Waals surface area contributed by atoms with Gasteiger partial charge in [0, 0.05) is 10.8 Å². The maximum absolute atomic E-state index is 11.0. The Morgan fingerprint density at radius 1 is 1.44 bits per heavy atom. The minimum absolute atomic E-state index is 0.0484. The molecule has 0 saturated carbocycles. The zero-order valence-corrected chi connectivity index (χ0v) is 9.90. The van der Waals surface area contributed by atoms with Crippen LogP contribution in [0.1, 0.15) is 9.67 Å². The number of carbonyl (C=O) groups excluding carboxylic acids is 1. The summed E-state index contributed by atoms with van der Waals surface area (Å²) in [4.78, 5) is 21.4. The summed E-state index contributed by atoms with van der Waals surface area (Å²) in [6, 6.07) is 4.53. The molecule has 82 valence electrons. The van der Waals surface area contributed by atoms with E-state index in [1.807, 2.05) is 0 Å². The average Bonchev–Trinajstić information content (AvgIpc) is 2.56. The van der Waals surface area contributed by atoms with Gasteiger partial charge in [-0.15, -0.1) is 11.3 Å². The van der Waals surface area contributed by atoms with E-state index in [2.05, 4.69) is 0 Å². The van der Waals surface area contributed by atoms with E-state index in [-0.39, 0.29) is 21.0 Å². The van der Waals surface area contributed by atoms with E-state index in [1.54, 1.807) is 6.07 Å². The summed E-state index contributed by atoms with van der Waals surface area (Å²) in [5.74, 6) is 0. The van der Waals surface area contributed by atoms with E-state index in [9.17, 15) is 14.9 Å². The highest BCUT2D eigenvalue weighted by Crippen LogP contribution is 2.40. The number of nitro groups is 1. The summed E-state index contributed by atoms with van der Waals surface area (Å²) in [6.07, 6.45) is 0. The van der Waals surface area contributed by atoms with Crippen LogP contribution in [-0.4, -0.2) is 10.2 Å². The second-order valence-corrected chi connectivity index (χ2v) is 4.70. The molecular formula is C9H3Cl2NO3S. The normalized spacial score (nSPS) is 10.6. The Kier molecular flexibility index (Phi) is 2.84. The topological polar surface area (TPSA) is 60.2 Å². The molecule has 0 atom stereocenters. The van der Waals surface area contributed by atoms with Gasteiger partial charge in [-0.05, 0) is 17.7 Å². The largest absolute Gasteiger partial charge is 0.279 e. The molecule has 7 heteroatoms. The monoisotopic (exact) mass is 275 g/mol. The smallest absolute Gasteiger partial charge is 0.275 e. The van der Waals surface area contributed by atoms with Crippen LogP contribution in [0.3, 0.4) is 0 Å². The van der Waals surface area contributed by atoms with Crippen LogP contribution in [0.2, 0.25) is 5.02 Å². The van der Waals surface area contributed by atoms with Gasteiger partial charge in [0.25, 0.3) is 10.9 Å². The fourth-order valence-corrected chi connectivity index (χ4v) is 3.03. The first kappa shape index (κ1) is 11.3. The number of carbonyl (C=O) groups is 1. The molecule has 2 rings (SSSR count). The lowest BCUT2D eigenvalue weighted by molar-refractivity contribution is -0.383. The van der Waals surface area contributed by atoms with Crippen molar-refractivity contribution in [1.82, 2.24) is 0 Å². The molecule has 0 unspecified atom stereocenters. The summed E-state index contributed by atoms with van der Waals surface area (Å²) in [5.41, 5.74) is -0.122. The summed E-state index contributed by atoms with van der Waals surface area (Å²) in [7, 11) is 0. The van der Waals surface area contributed by atoms with Crippen molar-refractivity contribution in [2.24, 2.45) is 0 Å². The van der Waals surface area contributed by atoms with Gasteiger partial charge in [-0.2, -0.15) is 0 Å². The number of non-ortho nitro benzene ring substituents is 1. The lowest BCUT2D eigenvalue weighted by Gasteiger charge is -1.93. The molecule has 0 spiro atoms. The molecule has 0 saturated heterocycles. The predicted octanol–water partition coefficient (Wildman–Crippen LogP) is 3.84. The van der Waals surface area contributed by atoms with Crippen molar-refractivity contribution in [3.63, 3.8) is 0 Å². The Morgan fingerprint density at radius 2 is 2.12 bits per heavy atom. The highest BCUT2D eigenvalue weighted by Gasteiger charge is 2.22. The minimum Gasteiger partial charge on any atom is -0.275 e. The van der Waals surface area contributed by atoms with Crippen molar-refractivity contribution >= 4 is 55.6 Å². The Morgan fingerprint density at radius 3 is 2.69 bits per heavy atom. The molecule has 1 heterocycles. The summed E-state index contributed by atoms with van der Waals surface area (Å²) < 4.78 is 0.572. The maximum Gasteiger partial charge on any atom is 0.279 e. The van der Waals surface area contributed by atoms with E-state index >= 15 is 0 Å². The van der Waals surface area contributed by atoms with Crippen molar-refractivity contribution in [1.29, 1.82) is 0 Å². The van der Waals surface area contributed by atoms with Crippen LogP contribution in [0.15, 0.2) is 18.2 Å². The second-order valence-electron chi connectivity index (χ2n) is 2.93. The van der Waals surface area contributed by atoms with Gasteiger partial charge in [-0.1, -0.05) is 17.7 Å². The van der Waals surface area contributed by atoms with Crippen LogP contribution in [-0.2, 0) is 0 Å². The predicted molar refractivity (Wildman–Crippen MR) is 63.7 cm³/mol. The highest BCUT2D eigenvalue weighted by atomic mass is 35.5. The first-order valence-corrected chi connectivity index (χ1v) is 5.65. The Labute approximate surface area is 104 Å². The Bertz CT molecular complexity index is 608. The van der Waals surface area contributed by atoms with Crippen molar-refractivity contribution in [3.8, 4) is 0 Å². The lowest BCUT2D eigenvalue weighted by Crippen LogP contribution is -1.88. The third kappa shape index (κ3) is 1.67. The van der Waals surface area contributed by atoms with Crippen molar-refractivity contribution in [2.45, 2.75) is 0 Å². The molecule has 0 fully saturated rings. The van der Waals surface area contributed by atoms with Crippen molar-refractivity contribution < 1.29 is 9.72 Å². The molecule has 4 nitrogen and oxygen atoms in total. The molecule has 0 amide bonds. The zero-order chi connectivity index (χ0) is 11.9. The fraction of sp³-hybridized carbons (Fsp3) is 0. The minimum atomic E-state index is -0.708. The molecule has 0 bridgehead atoms. The van der Waals surface area contributed by atoms with Gasteiger partial charge in [-0.25, -0.2) is 0 Å². The van der Waals surface area contributed by atoms with Crippen LogP contribution in [0.25, 0.3) is 10.1 Å². The van der Waals surface area contributed by atoms with Gasteiger partial charge in [-0.3, -0.25) is 14.9 Å². The van der Waals surface area contributed by atoms with Crippen molar-refractivity contribution in [2.75, 3.05) is 0 Å². The number of hydrogen-bond acceptors (Lipinski definition) is 4. The number of rotatable bonds is 2. The SMILES string of the molecule is O=C(Cl)c1sc2cccc([N+](=O)[O-])c2c1Cl. The number of nitrogens with zero attached hydrogens (tertiary/aromatic N) is 1. The van der Waals surface area contributed by atoms with Crippen LogP contribution in [0.4, 0.5) is 5.69 Å². The van der Waals surface area contributed by atoms with Crippen LogP contribution in [0.5, 0.6) is 0 Å². The second kappa shape index (κ2) is 4.01. The first-order chi connectivity index (χ1) is 7.52. The molecule has 16 heavy (non-hydrogen) atoms. The summed E-state index contributed by atoms with van der Waals surface area (Å²) in [5, 5.41) is 10.4. The molecule has 1 aromatic carbocycles. The Balaban J connectivity index is 2.87. The number of fused-ring (bicyclic) bond motifs is 1. The molecule has 0 aliphatic carbocycles. The van der Waals surface area contributed by atoms with Crippen LogP contribution in [0, 0.1) is 10.1 Å². The van der Waals surface area contributed by atoms with Crippen LogP contribution >= 0.6 is 34.5 Å². The van der Waals surface area contributed by atoms with Gasteiger partial charge in [0.15, 0.2) is 0 Å². The number of halogens is 2. The number of thiophene rings is 1. The third-order valence-corrected chi connectivity index (χ3v) is 3.96. The van der Waals surface area contributed by atoms with E-state index in [0.29, 0.717) is 4.70 Å². The van der Waals surface area contributed by atoms with Crippen molar-refractivity contribution in [3.05, 3.63) is 38.2 Å². The third-order valence-electron chi connectivity index (χ3n) is 2.01. The van der Waals surface area contributed by atoms with E-state index in [4.69, 9.17) is 23.2 Å². The Hall–Kier alpha value is -1.17. The standard InChI is InChI=1S/C9H3Cl2NO3S/c10-7-6-4(12(14)15)2-1-3-5(6)16-8(7)9(11)13/h1-3H. The molecule has 0 N–H and O–H groups in total. The zero-order valence-electron chi connectivity index (χ0n) is 7.57. The number of benzene rings is 1. The maximum atomic E-state index is 11.0.